The molecule has 6 aromatic carbocycles. The van der Waals surface area contributed by atoms with E-state index in [1.54, 1.807) is 0 Å². The zero-order chi connectivity index (χ0) is 29.8. The molecule has 0 saturated carbocycles. The van der Waals surface area contributed by atoms with Gasteiger partial charge in [-0.05, 0) is 33.4 Å². The number of hydrogen-bond acceptors (Lipinski definition) is 3. The van der Waals surface area contributed by atoms with Crippen molar-refractivity contribution in [2.24, 2.45) is 0 Å². The minimum Gasteiger partial charge on any atom is -0.394 e. The maximum absolute atomic E-state index is 7.94. The number of benzene rings is 6. The number of rotatable bonds is 9. The summed E-state index contributed by atoms with van der Waals surface area (Å²) in [6, 6.07) is 63.5. The van der Waals surface area contributed by atoms with Gasteiger partial charge >= 0.3 is 0 Å². The number of aliphatic hydroxyl groups is 2. The normalized spacial score (nSPS) is 11.3. The molecular formula is C40H36O3. The van der Waals surface area contributed by atoms with Crippen LogP contribution in [0, 0.1) is 0 Å². The van der Waals surface area contributed by atoms with Crippen LogP contribution in [-0.2, 0) is 15.9 Å². The molecule has 3 nitrogen and oxygen atoms in total. The Balaban J connectivity index is 0.000000868. The van der Waals surface area contributed by atoms with Crippen LogP contribution in [0.2, 0.25) is 0 Å². The van der Waals surface area contributed by atoms with E-state index in [0.717, 1.165) is 33.4 Å². The van der Waals surface area contributed by atoms with E-state index in [4.69, 9.17) is 14.9 Å². The Kier molecular flexibility index (Phi) is 9.94. The van der Waals surface area contributed by atoms with Gasteiger partial charge in [-0.15, -0.1) is 0 Å². The fourth-order valence-corrected chi connectivity index (χ4v) is 5.62. The Morgan fingerprint density at radius 1 is 0.302 bits per heavy atom. The highest BCUT2D eigenvalue weighted by molar-refractivity contribution is 5.52. The van der Waals surface area contributed by atoms with Crippen molar-refractivity contribution in [1.29, 1.82) is 0 Å². The molecule has 0 aromatic heterocycles. The topological polar surface area (TPSA) is 49.7 Å². The van der Waals surface area contributed by atoms with Gasteiger partial charge in [-0.25, -0.2) is 0 Å². The van der Waals surface area contributed by atoms with Crippen molar-refractivity contribution in [3.05, 3.63) is 215 Å². The average Bonchev–Trinajstić information content (AvgIpc) is 3.11. The minimum atomic E-state index is -0.925. The van der Waals surface area contributed by atoms with Gasteiger partial charge in [0.25, 0.3) is 0 Å². The molecule has 6 rings (SSSR count). The number of aliphatic hydroxyl groups excluding tert-OH is 2. The Morgan fingerprint density at radius 2 is 0.465 bits per heavy atom. The summed E-state index contributed by atoms with van der Waals surface area (Å²) in [5, 5.41) is 15.2. The van der Waals surface area contributed by atoms with E-state index in [1.165, 1.54) is 0 Å². The van der Waals surface area contributed by atoms with Gasteiger partial charge in [0.1, 0.15) is 11.2 Å². The van der Waals surface area contributed by atoms with E-state index in [0.29, 0.717) is 0 Å². The predicted octanol–water partition coefficient (Wildman–Crippen LogP) is 7.96. The Labute approximate surface area is 254 Å². The van der Waals surface area contributed by atoms with Gasteiger partial charge in [0.05, 0.1) is 13.2 Å². The zero-order valence-corrected chi connectivity index (χ0v) is 24.0. The molecule has 0 amide bonds. The fraction of sp³-hybridized carbons (Fsp3) is 0.100. The third-order valence-corrected chi connectivity index (χ3v) is 7.49. The molecule has 0 fully saturated rings. The Bertz CT molecular complexity index is 1300. The molecule has 0 spiro atoms. The second-order valence-electron chi connectivity index (χ2n) is 10.1. The highest BCUT2D eigenvalue weighted by Gasteiger charge is 2.48. The van der Waals surface area contributed by atoms with Gasteiger partial charge in [0.2, 0.25) is 0 Å². The van der Waals surface area contributed by atoms with Crippen LogP contribution in [0.15, 0.2) is 182 Å². The first kappa shape index (κ1) is 29.7. The first-order chi connectivity index (χ1) is 21.3. The Morgan fingerprint density at radius 3 is 0.605 bits per heavy atom. The summed E-state index contributed by atoms with van der Waals surface area (Å²) >= 11 is 0. The molecular weight excluding hydrogens is 528 g/mol. The van der Waals surface area contributed by atoms with E-state index < -0.39 is 11.2 Å². The number of ether oxygens (including phenoxy) is 1. The van der Waals surface area contributed by atoms with Gasteiger partial charge < -0.3 is 14.9 Å². The largest absolute Gasteiger partial charge is 0.394 e. The molecule has 0 radical (unpaired) electrons. The molecule has 6 aromatic rings. The van der Waals surface area contributed by atoms with Crippen molar-refractivity contribution in [2.75, 3.05) is 13.2 Å². The van der Waals surface area contributed by atoms with Crippen molar-refractivity contribution in [3.8, 4) is 0 Å². The van der Waals surface area contributed by atoms with Gasteiger partial charge in [-0.3, -0.25) is 0 Å². The van der Waals surface area contributed by atoms with Gasteiger partial charge in [-0.1, -0.05) is 182 Å². The van der Waals surface area contributed by atoms with Gasteiger partial charge in [0, 0.05) is 0 Å². The van der Waals surface area contributed by atoms with Crippen LogP contribution in [0.4, 0.5) is 0 Å². The lowest BCUT2D eigenvalue weighted by molar-refractivity contribution is -0.0810. The molecule has 0 saturated heterocycles. The van der Waals surface area contributed by atoms with E-state index in [2.05, 4.69) is 182 Å². The summed E-state index contributed by atoms with van der Waals surface area (Å²) in [5.41, 5.74) is 4.54. The molecule has 43 heavy (non-hydrogen) atoms. The van der Waals surface area contributed by atoms with E-state index >= 15 is 0 Å². The molecule has 2 N–H and O–H groups in total. The second-order valence-corrected chi connectivity index (χ2v) is 10.1. The van der Waals surface area contributed by atoms with Crippen LogP contribution in [0.5, 0.6) is 0 Å². The fourth-order valence-electron chi connectivity index (χ4n) is 5.62. The summed E-state index contributed by atoms with van der Waals surface area (Å²) in [4.78, 5) is 0. The SMILES string of the molecule is OCCO.c1ccc(C(OC(c2ccccc2)(c2ccccc2)c2ccccc2)(c2ccccc2)c2ccccc2)cc1. The molecule has 3 heteroatoms. The van der Waals surface area contributed by atoms with Crippen LogP contribution in [-0.4, -0.2) is 23.4 Å². The predicted molar refractivity (Wildman–Crippen MR) is 174 cm³/mol. The summed E-state index contributed by atoms with van der Waals surface area (Å²) < 4.78 is 7.94. The maximum atomic E-state index is 7.94. The van der Waals surface area contributed by atoms with Crippen LogP contribution in [0.3, 0.4) is 0 Å². The van der Waals surface area contributed by atoms with Crippen molar-refractivity contribution >= 4 is 0 Å². The lowest BCUT2D eigenvalue weighted by Crippen LogP contribution is -2.44. The first-order valence-corrected chi connectivity index (χ1v) is 14.5. The van der Waals surface area contributed by atoms with Crippen molar-refractivity contribution in [2.45, 2.75) is 11.2 Å². The van der Waals surface area contributed by atoms with Crippen LogP contribution < -0.4 is 0 Å². The van der Waals surface area contributed by atoms with Crippen molar-refractivity contribution in [1.82, 2.24) is 0 Å². The van der Waals surface area contributed by atoms with Crippen molar-refractivity contribution in [3.63, 3.8) is 0 Å². The summed E-state index contributed by atoms with van der Waals surface area (Å²) in [5.74, 6) is 0. The third kappa shape index (κ3) is 6.20. The smallest absolute Gasteiger partial charge is 0.145 e. The standard InChI is InChI=1S/C38H30O.C2H6O2/c1-7-19-31(20-8-1)37(32-21-9-2-10-22-32,33-23-11-3-12-24-33)39-38(34-25-13-4-14-26-34,35-27-15-5-16-28-35)36-29-17-6-18-30-36;3-1-2-4/h1-30H;3-4H,1-2H2. The summed E-state index contributed by atoms with van der Waals surface area (Å²) in [7, 11) is 0. The highest BCUT2D eigenvalue weighted by atomic mass is 16.5. The lowest BCUT2D eigenvalue weighted by atomic mass is 9.75. The molecule has 0 unspecified atom stereocenters. The summed E-state index contributed by atoms with van der Waals surface area (Å²) in [6.07, 6.45) is 0. The van der Waals surface area contributed by atoms with E-state index in [-0.39, 0.29) is 13.2 Å². The van der Waals surface area contributed by atoms with Gasteiger partial charge in [-0.2, -0.15) is 0 Å². The molecule has 0 heterocycles. The third-order valence-electron chi connectivity index (χ3n) is 7.49. The average molecular weight is 565 g/mol. The molecule has 0 aliphatic rings. The van der Waals surface area contributed by atoms with E-state index in [9.17, 15) is 0 Å². The van der Waals surface area contributed by atoms with E-state index in [1.807, 2.05) is 0 Å². The minimum absolute atomic E-state index is 0.125. The van der Waals surface area contributed by atoms with Crippen molar-refractivity contribution < 1.29 is 14.9 Å². The number of hydrogen-bond donors (Lipinski definition) is 2. The van der Waals surface area contributed by atoms with Crippen LogP contribution in [0.25, 0.3) is 0 Å². The molecule has 214 valence electrons. The second kappa shape index (κ2) is 14.4. The van der Waals surface area contributed by atoms with Gasteiger partial charge in [0.15, 0.2) is 0 Å². The van der Waals surface area contributed by atoms with Crippen LogP contribution >= 0.6 is 0 Å². The monoisotopic (exact) mass is 564 g/mol. The lowest BCUT2D eigenvalue weighted by Gasteiger charge is -2.46. The first-order valence-electron chi connectivity index (χ1n) is 14.5. The quantitative estimate of drug-likeness (QED) is 0.175. The van der Waals surface area contributed by atoms with Crippen LogP contribution in [0.1, 0.15) is 33.4 Å². The molecule has 0 bridgehead atoms. The highest BCUT2D eigenvalue weighted by Crippen LogP contribution is 2.51. The molecule has 0 aliphatic heterocycles. The zero-order valence-electron chi connectivity index (χ0n) is 24.0. The Hall–Kier alpha value is -4.80. The molecule has 0 aliphatic carbocycles. The summed E-state index contributed by atoms with van der Waals surface area (Å²) in [6.45, 7) is -0.250. The molecule has 0 atom stereocenters. The maximum Gasteiger partial charge on any atom is 0.145 e.